The van der Waals surface area contributed by atoms with Crippen molar-refractivity contribution in [2.45, 2.75) is 12.8 Å². The molecule has 0 saturated heterocycles. The van der Waals surface area contributed by atoms with Crippen molar-refractivity contribution < 1.29 is 14.3 Å². The summed E-state index contributed by atoms with van der Waals surface area (Å²) in [7, 11) is 0. The van der Waals surface area contributed by atoms with Crippen molar-refractivity contribution in [3.05, 3.63) is 66.2 Å². The fourth-order valence-electron chi connectivity index (χ4n) is 1.69. The standard InChI is InChI=1S/C16H16O3/c1-13(14-8-4-2-5-9-14)12-18-16(17)19-15-10-6-3-7-11-15/h2-11,13H,12H2,1H3. The van der Waals surface area contributed by atoms with E-state index in [0.29, 0.717) is 12.4 Å². The van der Waals surface area contributed by atoms with E-state index >= 15 is 0 Å². The monoisotopic (exact) mass is 256 g/mol. The molecular weight excluding hydrogens is 240 g/mol. The summed E-state index contributed by atoms with van der Waals surface area (Å²) in [5, 5.41) is 0. The Hall–Kier alpha value is -2.29. The second-order valence-electron chi connectivity index (χ2n) is 4.29. The van der Waals surface area contributed by atoms with Crippen molar-refractivity contribution in [3.8, 4) is 5.75 Å². The topological polar surface area (TPSA) is 35.5 Å². The smallest absolute Gasteiger partial charge is 0.433 e. The lowest BCUT2D eigenvalue weighted by molar-refractivity contribution is 0.0945. The van der Waals surface area contributed by atoms with Gasteiger partial charge in [0, 0.05) is 5.92 Å². The van der Waals surface area contributed by atoms with Crippen LogP contribution in [0.15, 0.2) is 60.7 Å². The van der Waals surface area contributed by atoms with E-state index in [9.17, 15) is 4.79 Å². The lowest BCUT2D eigenvalue weighted by Crippen LogP contribution is -2.14. The van der Waals surface area contributed by atoms with Gasteiger partial charge in [-0.2, -0.15) is 0 Å². The molecular formula is C16H16O3. The van der Waals surface area contributed by atoms with E-state index in [-0.39, 0.29) is 5.92 Å². The average Bonchev–Trinajstić information content (AvgIpc) is 2.47. The number of rotatable bonds is 4. The van der Waals surface area contributed by atoms with Crippen LogP contribution in [0, 0.1) is 0 Å². The molecule has 0 heterocycles. The minimum Gasteiger partial charge on any atom is -0.433 e. The third-order valence-corrected chi connectivity index (χ3v) is 2.76. The normalized spacial score (nSPS) is 11.6. The number of benzene rings is 2. The number of hydrogen-bond acceptors (Lipinski definition) is 3. The zero-order valence-corrected chi connectivity index (χ0v) is 10.8. The zero-order valence-electron chi connectivity index (χ0n) is 10.8. The first-order valence-electron chi connectivity index (χ1n) is 6.20. The summed E-state index contributed by atoms with van der Waals surface area (Å²) >= 11 is 0. The van der Waals surface area contributed by atoms with E-state index in [1.165, 1.54) is 0 Å². The van der Waals surface area contributed by atoms with Gasteiger partial charge in [0.2, 0.25) is 0 Å². The summed E-state index contributed by atoms with van der Waals surface area (Å²) in [4.78, 5) is 11.5. The molecule has 2 aromatic carbocycles. The molecule has 2 aromatic rings. The maximum Gasteiger partial charge on any atom is 0.513 e. The maximum absolute atomic E-state index is 11.5. The first-order valence-corrected chi connectivity index (χ1v) is 6.20. The molecule has 0 aliphatic heterocycles. The average molecular weight is 256 g/mol. The van der Waals surface area contributed by atoms with Gasteiger partial charge >= 0.3 is 6.16 Å². The summed E-state index contributed by atoms with van der Waals surface area (Å²) in [6.07, 6.45) is -0.672. The molecule has 0 bridgehead atoms. The fraction of sp³-hybridized carbons (Fsp3) is 0.188. The summed E-state index contributed by atoms with van der Waals surface area (Å²) in [6, 6.07) is 18.8. The van der Waals surface area contributed by atoms with Gasteiger partial charge in [0.05, 0.1) is 0 Å². The molecule has 0 aromatic heterocycles. The highest BCUT2D eigenvalue weighted by Crippen LogP contribution is 2.15. The fourth-order valence-corrected chi connectivity index (χ4v) is 1.69. The molecule has 0 fully saturated rings. The highest BCUT2D eigenvalue weighted by Gasteiger charge is 2.10. The van der Waals surface area contributed by atoms with Crippen LogP contribution in [-0.2, 0) is 4.74 Å². The molecule has 0 N–H and O–H groups in total. The number of carbonyl (C=O) groups excluding carboxylic acids is 1. The SMILES string of the molecule is CC(COC(=O)Oc1ccccc1)c1ccccc1. The highest BCUT2D eigenvalue weighted by atomic mass is 16.7. The van der Waals surface area contributed by atoms with Gasteiger partial charge in [-0.15, -0.1) is 0 Å². The third-order valence-electron chi connectivity index (χ3n) is 2.76. The van der Waals surface area contributed by atoms with Crippen molar-refractivity contribution in [2.24, 2.45) is 0 Å². The second kappa shape index (κ2) is 6.59. The Labute approximate surface area is 112 Å². The highest BCUT2D eigenvalue weighted by molar-refractivity contribution is 5.63. The maximum atomic E-state index is 11.5. The Bertz CT molecular complexity index is 508. The van der Waals surface area contributed by atoms with Gasteiger partial charge in [-0.25, -0.2) is 4.79 Å². The van der Waals surface area contributed by atoms with Gasteiger partial charge in [-0.3, -0.25) is 0 Å². The van der Waals surface area contributed by atoms with E-state index < -0.39 is 6.16 Å². The Morgan fingerprint density at radius 3 is 2.21 bits per heavy atom. The van der Waals surface area contributed by atoms with Crippen LogP contribution in [0.4, 0.5) is 4.79 Å². The van der Waals surface area contributed by atoms with E-state index in [1.807, 2.05) is 43.3 Å². The molecule has 0 saturated carbocycles. The van der Waals surface area contributed by atoms with Crippen LogP contribution < -0.4 is 4.74 Å². The van der Waals surface area contributed by atoms with Gasteiger partial charge in [0.1, 0.15) is 12.4 Å². The second-order valence-corrected chi connectivity index (χ2v) is 4.29. The van der Waals surface area contributed by atoms with Crippen LogP contribution >= 0.6 is 0 Å². The van der Waals surface area contributed by atoms with Gasteiger partial charge in [-0.1, -0.05) is 55.5 Å². The first-order chi connectivity index (χ1) is 9.25. The van der Waals surface area contributed by atoms with Crippen LogP contribution in [0.25, 0.3) is 0 Å². The predicted octanol–water partition coefficient (Wildman–Crippen LogP) is 4.01. The number of ether oxygens (including phenoxy) is 2. The molecule has 0 amide bonds. The molecule has 0 radical (unpaired) electrons. The van der Waals surface area contributed by atoms with Crippen molar-refractivity contribution >= 4 is 6.16 Å². The summed E-state index contributed by atoms with van der Waals surface area (Å²) < 4.78 is 10.1. The Morgan fingerprint density at radius 1 is 1.00 bits per heavy atom. The van der Waals surface area contributed by atoms with Crippen molar-refractivity contribution in [2.75, 3.05) is 6.61 Å². The lowest BCUT2D eigenvalue weighted by Gasteiger charge is -2.12. The Kier molecular flexibility index (Phi) is 4.56. The number of carbonyl (C=O) groups is 1. The molecule has 0 spiro atoms. The third kappa shape index (κ3) is 4.14. The molecule has 0 aliphatic rings. The van der Waals surface area contributed by atoms with E-state index in [0.717, 1.165) is 5.56 Å². The molecule has 3 nitrogen and oxygen atoms in total. The minimum absolute atomic E-state index is 0.143. The van der Waals surface area contributed by atoms with Crippen LogP contribution in [-0.4, -0.2) is 12.8 Å². The lowest BCUT2D eigenvalue weighted by atomic mass is 10.0. The van der Waals surface area contributed by atoms with Crippen LogP contribution in [0.5, 0.6) is 5.75 Å². The molecule has 98 valence electrons. The molecule has 0 aliphatic carbocycles. The quantitative estimate of drug-likeness (QED) is 0.612. The van der Waals surface area contributed by atoms with E-state index in [4.69, 9.17) is 9.47 Å². The zero-order chi connectivity index (χ0) is 13.5. The van der Waals surface area contributed by atoms with Gasteiger partial charge in [-0.05, 0) is 17.7 Å². The molecule has 19 heavy (non-hydrogen) atoms. The van der Waals surface area contributed by atoms with Crippen LogP contribution in [0.2, 0.25) is 0 Å². The number of para-hydroxylation sites is 1. The largest absolute Gasteiger partial charge is 0.513 e. The minimum atomic E-state index is -0.672. The predicted molar refractivity (Wildman–Crippen MR) is 73.3 cm³/mol. The first kappa shape index (κ1) is 13.1. The van der Waals surface area contributed by atoms with Crippen LogP contribution in [0.1, 0.15) is 18.4 Å². The summed E-state index contributed by atoms with van der Waals surface area (Å²) in [6.45, 7) is 2.31. The Balaban J connectivity index is 1.81. The van der Waals surface area contributed by atoms with Crippen LogP contribution in [0.3, 0.4) is 0 Å². The van der Waals surface area contributed by atoms with Gasteiger partial charge < -0.3 is 9.47 Å². The Morgan fingerprint density at radius 2 is 1.58 bits per heavy atom. The van der Waals surface area contributed by atoms with Crippen molar-refractivity contribution in [3.63, 3.8) is 0 Å². The summed E-state index contributed by atoms with van der Waals surface area (Å²) in [5.41, 5.74) is 1.13. The van der Waals surface area contributed by atoms with Crippen molar-refractivity contribution in [1.29, 1.82) is 0 Å². The van der Waals surface area contributed by atoms with E-state index in [2.05, 4.69) is 0 Å². The van der Waals surface area contributed by atoms with E-state index in [1.54, 1.807) is 24.3 Å². The molecule has 3 heteroatoms. The van der Waals surface area contributed by atoms with Crippen molar-refractivity contribution in [1.82, 2.24) is 0 Å². The van der Waals surface area contributed by atoms with Gasteiger partial charge in [0.25, 0.3) is 0 Å². The molecule has 1 unspecified atom stereocenters. The number of hydrogen-bond donors (Lipinski definition) is 0. The van der Waals surface area contributed by atoms with Gasteiger partial charge in [0.15, 0.2) is 0 Å². The molecule has 1 atom stereocenters. The molecule has 2 rings (SSSR count). The summed E-state index contributed by atoms with van der Waals surface area (Å²) in [5.74, 6) is 0.629.